The third kappa shape index (κ3) is 3.35. The van der Waals surface area contributed by atoms with E-state index in [0.29, 0.717) is 0 Å². The van der Waals surface area contributed by atoms with E-state index in [9.17, 15) is 0 Å². The van der Waals surface area contributed by atoms with Crippen LogP contribution < -0.4 is 0 Å². The lowest BCUT2D eigenvalue weighted by molar-refractivity contribution is 0.284. The van der Waals surface area contributed by atoms with Gasteiger partial charge < -0.3 is 4.90 Å². The van der Waals surface area contributed by atoms with Crippen molar-refractivity contribution in [3.63, 3.8) is 0 Å². The van der Waals surface area contributed by atoms with Crippen molar-refractivity contribution in [2.45, 2.75) is 109 Å². The Bertz CT molecular complexity index is 253. The van der Waals surface area contributed by atoms with Gasteiger partial charge in [0.25, 0.3) is 0 Å². The van der Waals surface area contributed by atoms with E-state index in [1.165, 1.54) is 55.7 Å². The van der Waals surface area contributed by atoms with E-state index < -0.39 is 16.1 Å². The zero-order chi connectivity index (χ0) is 16.1. The zero-order valence-electron chi connectivity index (χ0n) is 16.0. The maximum absolute atomic E-state index is 3.05. The van der Waals surface area contributed by atoms with Crippen molar-refractivity contribution in [3.8, 4) is 0 Å². The highest BCUT2D eigenvalue weighted by atomic mass is 28.3. The molecular formula is C18H41NSi2. The van der Waals surface area contributed by atoms with E-state index in [0.717, 1.165) is 11.3 Å². The number of hydrogen-bond acceptors (Lipinski definition) is 1. The van der Waals surface area contributed by atoms with Gasteiger partial charge in [0, 0.05) is 11.3 Å². The fourth-order valence-corrected chi connectivity index (χ4v) is 15.2. The summed E-state index contributed by atoms with van der Waals surface area (Å²) < 4.78 is 0. The van der Waals surface area contributed by atoms with Gasteiger partial charge in [-0.3, -0.25) is 0 Å². The van der Waals surface area contributed by atoms with Crippen LogP contribution in [0.25, 0.3) is 0 Å². The van der Waals surface area contributed by atoms with Gasteiger partial charge in [-0.05, 0) is 19.4 Å². The highest BCUT2D eigenvalue weighted by molar-refractivity contribution is 6.83. The number of nitrogens with zero attached hydrogens (tertiary/aromatic N) is 1. The van der Waals surface area contributed by atoms with Gasteiger partial charge in [0.1, 0.15) is 0 Å². The molecule has 0 saturated carbocycles. The minimum absolute atomic E-state index is 0.990. The quantitative estimate of drug-likeness (QED) is 0.474. The highest BCUT2D eigenvalue weighted by Crippen LogP contribution is 2.42. The molecule has 2 atom stereocenters. The molecule has 0 aromatic heterocycles. The SMILES string of the molecule is CCN1C([Si](CC)(CC)CC)CCC1[Si](CC)(CC)CC. The normalized spacial score (nSPS) is 24.7. The summed E-state index contributed by atoms with van der Waals surface area (Å²) in [4.78, 5) is 3.05. The van der Waals surface area contributed by atoms with Crippen LogP contribution in [0.3, 0.4) is 0 Å². The lowest BCUT2D eigenvalue weighted by Gasteiger charge is -2.46. The Kier molecular flexibility index (Phi) is 7.69. The van der Waals surface area contributed by atoms with Crippen LogP contribution in [-0.2, 0) is 0 Å². The molecule has 0 aromatic rings. The van der Waals surface area contributed by atoms with Gasteiger partial charge in [0.15, 0.2) is 0 Å². The van der Waals surface area contributed by atoms with Gasteiger partial charge in [-0.1, -0.05) is 84.7 Å². The van der Waals surface area contributed by atoms with E-state index in [4.69, 9.17) is 0 Å². The van der Waals surface area contributed by atoms with Crippen molar-refractivity contribution in [1.29, 1.82) is 0 Å². The molecule has 1 heterocycles. The molecule has 1 nitrogen and oxygen atoms in total. The maximum Gasteiger partial charge on any atom is 0.0721 e. The molecule has 3 heteroatoms. The first-order valence-electron chi connectivity index (χ1n) is 9.80. The first kappa shape index (κ1) is 19.4. The van der Waals surface area contributed by atoms with Gasteiger partial charge >= 0.3 is 0 Å². The van der Waals surface area contributed by atoms with Crippen molar-refractivity contribution in [1.82, 2.24) is 4.90 Å². The third-order valence-electron chi connectivity index (χ3n) is 7.52. The summed E-state index contributed by atoms with van der Waals surface area (Å²) in [5, 5.41) is 0. The van der Waals surface area contributed by atoms with Crippen LogP contribution in [0.2, 0.25) is 36.3 Å². The molecular weight excluding hydrogens is 286 g/mol. The van der Waals surface area contributed by atoms with Gasteiger partial charge in [0.2, 0.25) is 0 Å². The van der Waals surface area contributed by atoms with Crippen LogP contribution in [-0.4, -0.2) is 38.9 Å². The Balaban J connectivity index is 3.10. The van der Waals surface area contributed by atoms with Gasteiger partial charge in [-0.25, -0.2) is 0 Å². The van der Waals surface area contributed by atoms with E-state index in [1.807, 2.05) is 0 Å². The minimum atomic E-state index is -1.08. The number of hydrogen-bond donors (Lipinski definition) is 0. The standard InChI is InChI=1S/C18H41NSi2/c1-8-19-17(20(9-2,10-3)11-4)15-16-18(19)21(12-5,13-6)14-7/h17-18H,8-16H2,1-7H3. The maximum atomic E-state index is 3.05. The van der Waals surface area contributed by atoms with Crippen molar-refractivity contribution >= 4 is 16.1 Å². The van der Waals surface area contributed by atoms with Gasteiger partial charge in [0.05, 0.1) is 16.1 Å². The van der Waals surface area contributed by atoms with Crippen molar-refractivity contribution in [3.05, 3.63) is 0 Å². The molecule has 0 N–H and O–H groups in total. The van der Waals surface area contributed by atoms with Crippen LogP contribution in [0.1, 0.15) is 61.3 Å². The summed E-state index contributed by atoms with van der Waals surface area (Å²) in [5.74, 6) is 0. The topological polar surface area (TPSA) is 3.24 Å². The smallest absolute Gasteiger partial charge is 0.0721 e. The summed E-state index contributed by atoms with van der Waals surface area (Å²) in [5.41, 5.74) is 1.98. The molecule has 0 amide bonds. The molecule has 21 heavy (non-hydrogen) atoms. The van der Waals surface area contributed by atoms with Gasteiger partial charge in [-0.15, -0.1) is 0 Å². The van der Waals surface area contributed by atoms with Crippen molar-refractivity contribution in [2.24, 2.45) is 0 Å². The largest absolute Gasteiger partial charge is 0.303 e. The second-order valence-corrected chi connectivity index (χ2v) is 18.3. The first-order valence-corrected chi connectivity index (χ1v) is 15.2. The van der Waals surface area contributed by atoms with E-state index in [1.54, 1.807) is 0 Å². The van der Waals surface area contributed by atoms with Crippen molar-refractivity contribution in [2.75, 3.05) is 6.54 Å². The fraction of sp³-hybridized carbons (Fsp3) is 1.00. The van der Waals surface area contributed by atoms with Gasteiger partial charge in [-0.2, -0.15) is 0 Å². The van der Waals surface area contributed by atoms with E-state index in [-0.39, 0.29) is 0 Å². The highest BCUT2D eigenvalue weighted by Gasteiger charge is 2.50. The summed E-state index contributed by atoms with van der Waals surface area (Å²) in [7, 11) is -2.16. The number of likely N-dealkylation sites (tertiary alicyclic amines) is 1. The van der Waals surface area contributed by atoms with Crippen LogP contribution in [0.4, 0.5) is 0 Å². The Morgan fingerprint density at radius 2 is 0.905 bits per heavy atom. The monoisotopic (exact) mass is 327 g/mol. The first-order chi connectivity index (χ1) is 10.0. The fourth-order valence-electron chi connectivity index (χ4n) is 5.54. The average molecular weight is 328 g/mol. The Hall–Kier alpha value is 0.394. The lowest BCUT2D eigenvalue weighted by atomic mass is 10.4. The lowest BCUT2D eigenvalue weighted by Crippen LogP contribution is -2.60. The molecule has 1 fully saturated rings. The molecule has 0 aromatic carbocycles. The molecule has 1 aliphatic heterocycles. The summed E-state index contributed by atoms with van der Waals surface area (Å²) in [6, 6.07) is 8.96. The molecule has 1 saturated heterocycles. The van der Waals surface area contributed by atoms with Crippen LogP contribution in [0, 0.1) is 0 Å². The van der Waals surface area contributed by atoms with Crippen LogP contribution >= 0.6 is 0 Å². The Labute approximate surface area is 136 Å². The summed E-state index contributed by atoms with van der Waals surface area (Å²) >= 11 is 0. The van der Waals surface area contributed by atoms with Crippen molar-refractivity contribution < 1.29 is 0 Å². The molecule has 1 aliphatic rings. The minimum Gasteiger partial charge on any atom is -0.303 e. The molecule has 0 aliphatic carbocycles. The predicted molar refractivity (Wildman–Crippen MR) is 104 cm³/mol. The molecule has 1 rings (SSSR count). The van der Waals surface area contributed by atoms with E-state index >= 15 is 0 Å². The predicted octanol–water partition coefficient (Wildman–Crippen LogP) is 5.93. The second-order valence-electron chi connectivity index (χ2n) is 7.29. The average Bonchev–Trinajstić information content (AvgIpc) is 2.97. The molecule has 2 unspecified atom stereocenters. The summed E-state index contributed by atoms with van der Waals surface area (Å²) in [6.45, 7) is 18.7. The molecule has 0 radical (unpaired) electrons. The molecule has 0 bridgehead atoms. The van der Waals surface area contributed by atoms with Crippen LogP contribution in [0.15, 0.2) is 0 Å². The van der Waals surface area contributed by atoms with E-state index in [2.05, 4.69) is 53.4 Å². The second kappa shape index (κ2) is 8.30. The Morgan fingerprint density at radius 3 is 1.10 bits per heavy atom. The number of rotatable bonds is 9. The molecule has 0 spiro atoms. The third-order valence-corrected chi connectivity index (χ3v) is 20.0. The molecule has 126 valence electrons. The van der Waals surface area contributed by atoms with Crippen LogP contribution in [0.5, 0.6) is 0 Å². The Morgan fingerprint density at radius 1 is 0.619 bits per heavy atom. The summed E-state index contributed by atoms with van der Waals surface area (Å²) in [6.07, 6.45) is 3.05. The zero-order valence-corrected chi connectivity index (χ0v) is 18.0.